The Morgan fingerprint density at radius 2 is 1.90 bits per heavy atom. The molecule has 0 spiro atoms. The Morgan fingerprint density at radius 3 is 2.58 bits per heavy atom. The van der Waals surface area contributed by atoms with Gasteiger partial charge in [0.1, 0.15) is 21.5 Å². The third-order valence-electron chi connectivity index (χ3n) is 4.34. The van der Waals surface area contributed by atoms with Gasteiger partial charge in [-0.05, 0) is 48.4 Å². The summed E-state index contributed by atoms with van der Waals surface area (Å²) in [6.07, 6.45) is 2.06. The predicted molar refractivity (Wildman–Crippen MR) is 119 cm³/mol. The summed E-state index contributed by atoms with van der Waals surface area (Å²) in [6.45, 7) is 0.245. The van der Waals surface area contributed by atoms with Crippen LogP contribution < -0.4 is 5.32 Å². The van der Waals surface area contributed by atoms with Gasteiger partial charge in [-0.3, -0.25) is 14.5 Å². The van der Waals surface area contributed by atoms with Crippen molar-refractivity contribution >= 4 is 57.8 Å². The van der Waals surface area contributed by atoms with Gasteiger partial charge in [-0.1, -0.05) is 36.1 Å². The van der Waals surface area contributed by atoms with Crippen LogP contribution in [0.4, 0.5) is 10.1 Å². The largest absolute Gasteiger partial charge is 0.507 e. The highest BCUT2D eigenvalue weighted by Crippen LogP contribution is 2.32. The molecule has 7 nitrogen and oxygen atoms in total. The Kier molecular flexibility index (Phi) is 7.03. The molecule has 0 atom stereocenters. The number of rotatable bonds is 7. The van der Waals surface area contributed by atoms with Crippen molar-refractivity contribution in [3.05, 3.63) is 64.3 Å². The van der Waals surface area contributed by atoms with Gasteiger partial charge in [0, 0.05) is 18.7 Å². The van der Waals surface area contributed by atoms with Crippen molar-refractivity contribution in [2.75, 3.05) is 11.9 Å². The second-order valence-corrected chi connectivity index (χ2v) is 8.25. The standard InChI is InChI=1S/C21H17FN2O5S2/c22-13-5-3-12(4-6-13)10-17-19(27)24(21(30)31-17)9-1-2-18(26)23-14-7-8-16(25)15(11-14)20(28)29/h3-8,10-11,25H,1-2,9H2,(H,23,26)(H,28,29)/b17-10-. The average Bonchev–Trinajstić information content (AvgIpc) is 2.98. The lowest BCUT2D eigenvalue weighted by Gasteiger charge is -2.14. The number of thioether (sulfide) groups is 1. The van der Waals surface area contributed by atoms with Crippen LogP contribution >= 0.6 is 24.0 Å². The van der Waals surface area contributed by atoms with Crippen LogP contribution in [0.1, 0.15) is 28.8 Å². The lowest BCUT2D eigenvalue weighted by atomic mass is 10.1. The van der Waals surface area contributed by atoms with E-state index in [1.54, 1.807) is 18.2 Å². The number of carboxylic acids is 1. The maximum Gasteiger partial charge on any atom is 0.339 e. The first-order chi connectivity index (χ1) is 14.7. The van der Waals surface area contributed by atoms with Gasteiger partial charge in [-0.2, -0.15) is 0 Å². The molecule has 2 aromatic carbocycles. The topological polar surface area (TPSA) is 107 Å². The Labute approximate surface area is 186 Å². The third kappa shape index (κ3) is 5.68. The molecule has 0 radical (unpaired) electrons. The van der Waals surface area contributed by atoms with Crippen LogP contribution in [0.2, 0.25) is 0 Å². The van der Waals surface area contributed by atoms with E-state index in [1.165, 1.54) is 29.2 Å². The van der Waals surface area contributed by atoms with Crippen molar-refractivity contribution in [1.82, 2.24) is 4.90 Å². The third-order valence-corrected chi connectivity index (χ3v) is 5.72. The van der Waals surface area contributed by atoms with Crippen molar-refractivity contribution in [3.8, 4) is 5.75 Å². The average molecular weight is 461 g/mol. The van der Waals surface area contributed by atoms with Crippen LogP contribution in [0, 0.1) is 5.82 Å². The van der Waals surface area contributed by atoms with Crippen LogP contribution in [0.5, 0.6) is 5.75 Å². The number of benzene rings is 2. The molecule has 1 saturated heterocycles. The van der Waals surface area contributed by atoms with Gasteiger partial charge in [-0.15, -0.1) is 0 Å². The minimum absolute atomic E-state index is 0.0807. The molecule has 0 unspecified atom stereocenters. The van der Waals surface area contributed by atoms with E-state index in [1.807, 2.05) is 0 Å². The molecular weight excluding hydrogens is 443 g/mol. The summed E-state index contributed by atoms with van der Waals surface area (Å²) in [7, 11) is 0. The van der Waals surface area contributed by atoms with Crippen LogP contribution in [0.3, 0.4) is 0 Å². The van der Waals surface area contributed by atoms with Crippen LogP contribution in [-0.2, 0) is 9.59 Å². The summed E-state index contributed by atoms with van der Waals surface area (Å²) in [6, 6.07) is 9.47. The first-order valence-electron chi connectivity index (χ1n) is 9.11. The number of hydrogen-bond acceptors (Lipinski definition) is 6. The van der Waals surface area contributed by atoms with Crippen molar-refractivity contribution < 1.29 is 29.0 Å². The monoisotopic (exact) mass is 460 g/mol. The van der Waals surface area contributed by atoms with E-state index in [4.69, 9.17) is 17.3 Å². The molecule has 2 aromatic rings. The zero-order chi connectivity index (χ0) is 22.5. The molecule has 0 aliphatic carbocycles. The predicted octanol–water partition coefficient (Wildman–Crippen LogP) is 3.85. The zero-order valence-corrected chi connectivity index (χ0v) is 17.6. The molecule has 0 aromatic heterocycles. The number of aromatic hydroxyl groups is 1. The van der Waals surface area contributed by atoms with E-state index in [2.05, 4.69) is 5.32 Å². The van der Waals surface area contributed by atoms with Crippen molar-refractivity contribution in [2.45, 2.75) is 12.8 Å². The molecule has 1 aliphatic heterocycles. The van der Waals surface area contributed by atoms with Gasteiger partial charge in [-0.25, -0.2) is 9.18 Å². The molecule has 2 amide bonds. The zero-order valence-electron chi connectivity index (χ0n) is 16.0. The molecule has 31 heavy (non-hydrogen) atoms. The highest BCUT2D eigenvalue weighted by molar-refractivity contribution is 8.26. The maximum atomic E-state index is 13.0. The van der Waals surface area contributed by atoms with Gasteiger partial charge in [0.15, 0.2) is 0 Å². The molecule has 160 valence electrons. The number of carbonyl (C=O) groups excluding carboxylic acids is 2. The van der Waals surface area contributed by atoms with E-state index < -0.39 is 11.7 Å². The van der Waals surface area contributed by atoms with E-state index in [0.717, 1.165) is 17.8 Å². The van der Waals surface area contributed by atoms with Gasteiger partial charge < -0.3 is 15.5 Å². The number of thiocarbonyl (C=S) groups is 1. The number of carboxylic acid groups (broad SMARTS) is 1. The van der Waals surface area contributed by atoms with Gasteiger partial charge in [0.2, 0.25) is 5.91 Å². The number of anilines is 1. The summed E-state index contributed by atoms with van der Waals surface area (Å²) in [5.41, 5.74) is 0.604. The quantitative estimate of drug-likeness (QED) is 0.327. The van der Waals surface area contributed by atoms with E-state index >= 15 is 0 Å². The molecule has 1 aliphatic rings. The number of nitrogens with zero attached hydrogens (tertiary/aromatic N) is 1. The fourth-order valence-electron chi connectivity index (χ4n) is 2.81. The van der Waals surface area contributed by atoms with E-state index in [0.29, 0.717) is 21.2 Å². The number of hydrogen-bond donors (Lipinski definition) is 3. The fourth-order valence-corrected chi connectivity index (χ4v) is 4.12. The van der Waals surface area contributed by atoms with Crippen LogP contribution in [-0.4, -0.2) is 43.8 Å². The highest BCUT2D eigenvalue weighted by atomic mass is 32.2. The van der Waals surface area contributed by atoms with Gasteiger partial charge in [0.05, 0.1) is 4.91 Å². The molecular formula is C21H17FN2O5S2. The first-order valence-corrected chi connectivity index (χ1v) is 10.3. The number of phenols is 1. The number of amides is 2. The summed E-state index contributed by atoms with van der Waals surface area (Å²) in [4.78, 5) is 37.6. The Balaban J connectivity index is 1.54. The van der Waals surface area contributed by atoms with Gasteiger partial charge in [0.25, 0.3) is 5.91 Å². The van der Waals surface area contributed by atoms with Crippen molar-refractivity contribution in [3.63, 3.8) is 0 Å². The molecule has 3 rings (SSSR count). The smallest absolute Gasteiger partial charge is 0.339 e. The Morgan fingerprint density at radius 1 is 1.19 bits per heavy atom. The van der Waals surface area contributed by atoms with Crippen molar-refractivity contribution in [2.24, 2.45) is 0 Å². The number of carbonyl (C=O) groups is 3. The molecule has 1 fully saturated rings. The van der Waals surface area contributed by atoms with E-state index in [-0.39, 0.29) is 41.8 Å². The second kappa shape index (κ2) is 9.71. The number of aromatic carboxylic acids is 1. The molecule has 3 N–H and O–H groups in total. The Bertz CT molecular complexity index is 1090. The summed E-state index contributed by atoms with van der Waals surface area (Å²) >= 11 is 6.40. The number of nitrogens with one attached hydrogen (secondary N) is 1. The first kappa shape index (κ1) is 22.4. The highest BCUT2D eigenvalue weighted by Gasteiger charge is 2.31. The molecule has 0 saturated carbocycles. The lowest BCUT2D eigenvalue weighted by molar-refractivity contribution is -0.122. The summed E-state index contributed by atoms with van der Waals surface area (Å²) in [5, 5.41) is 21.1. The number of halogens is 1. The lowest BCUT2D eigenvalue weighted by Crippen LogP contribution is -2.29. The summed E-state index contributed by atoms with van der Waals surface area (Å²) < 4.78 is 13.4. The van der Waals surface area contributed by atoms with Crippen LogP contribution in [0.25, 0.3) is 6.08 Å². The van der Waals surface area contributed by atoms with E-state index in [9.17, 15) is 23.9 Å². The molecule has 10 heteroatoms. The van der Waals surface area contributed by atoms with Crippen molar-refractivity contribution in [1.29, 1.82) is 0 Å². The molecule has 0 bridgehead atoms. The van der Waals surface area contributed by atoms with Crippen LogP contribution in [0.15, 0.2) is 47.4 Å². The minimum atomic E-state index is -1.31. The van der Waals surface area contributed by atoms with Gasteiger partial charge >= 0.3 is 5.97 Å². The summed E-state index contributed by atoms with van der Waals surface area (Å²) in [5.74, 6) is -2.71. The normalized spacial score (nSPS) is 14.9. The fraction of sp³-hybridized carbons (Fsp3) is 0.143. The second-order valence-electron chi connectivity index (χ2n) is 6.57. The maximum absolute atomic E-state index is 13.0. The molecule has 1 heterocycles. The Hall–Kier alpha value is -3.24. The SMILES string of the molecule is O=C(CCCN1C(=O)/C(=C/c2ccc(F)cc2)SC1=S)Nc1ccc(O)c(C(=O)O)c1. The minimum Gasteiger partial charge on any atom is -0.507 e.